The smallest absolute Gasteiger partial charge is 0.217 e. The molecular weight excluding hydrogens is 1160 g/mol. The van der Waals surface area contributed by atoms with Crippen LogP contribution >= 0.6 is 0 Å². The summed E-state index contributed by atoms with van der Waals surface area (Å²) in [5.41, 5.74) is 0. The Labute approximate surface area is 475 Å². The molecule has 0 aromatic carbocycles. The van der Waals surface area contributed by atoms with Crippen molar-refractivity contribution < 1.29 is 178 Å². The molecule has 2 amide bonds. The van der Waals surface area contributed by atoms with Crippen molar-refractivity contribution in [1.29, 1.82) is 0 Å². The highest BCUT2D eigenvalue weighted by atomic mass is 16.8. The molecule has 38 heteroatoms. The molecule has 7 saturated heterocycles. The van der Waals surface area contributed by atoms with Gasteiger partial charge in [-0.3, -0.25) is 9.59 Å². The molecule has 7 fully saturated rings. The lowest BCUT2D eigenvalue weighted by Gasteiger charge is -2.50. The Kier molecular flexibility index (Phi) is 24.6. The number of hydrogen-bond acceptors (Lipinski definition) is 36. The van der Waals surface area contributed by atoms with E-state index in [0.717, 1.165) is 13.8 Å². The van der Waals surface area contributed by atoms with E-state index < -0.39 is 273 Å². The lowest BCUT2D eigenvalue weighted by atomic mass is 9.94. The van der Waals surface area contributed by atoms with E-state index in [2.05, 4.69) is 10.6 Å². The van der Waals surface area contributed by atoms with Gasteiger partial charge in [-0.1, -0.05) is 0 Å². The molecule has 0 unspecified atom stereocenters. The highest BCUT2D eigenvalue weighted by molar-refractivity contribution is 5.73. The number of ether oxygens (including phenoxy) is 13. The summed E-state index contributed by atoms with van der Waals surface area (Å²) in [6, 6.07) is -3.31. The zero-order valence-corrected chi connectivity index (χ0v) is 44.7. The number of nitrogens with one attached hydrogen (secondary N) is 2. The standard InChI is InChI=1S/C46H78N2O36/c1-10(55)47-19-26(62)35(16(7-53)73-40(19)71)80-41-20(48-11(2)56)27(63)36(17(8-54)78-41)81-44-33(69)37(24(60)15(6-52)76-44)83-45-34(70)38(82-42-31(67)28(64)21(57)12(3-49)74-42)25(61)18(79-45)9-72-46-39(30(66)23(59)14(5-51)77-46)84-43-32(68)29(65)22(58)13(4-50)75-43/h12-46,49-54,57-71H,3-9H2,1-2H3,(H,47,55)(H,48,56)/t12-,13-,14-,15-,16-,17-,18-,19-,20-,21-,22-,23-,24-,25-,26-,27-,28+,29+,30+,31+,32+,33+,34+,35-,36-,37+,38+,39+,40-,41+,42-,43-,44+,45-,46+/m1/s1. The number of hydrogen-bond donors (Lipinski definition) is 23. The van der Waals surface area contributed by atoms with Crippen LogP contribution in [-0.4, -0.2) is 380 Å². The zero-order chi connectivity index (χ0) is 61.9. The molecule has 7 aliphatic heterocycles. The first-order valence-electron chi connectivity index (χ1n) is 26.6. The predicted molar refractivity (Wildman–Crippen MR) is 255 cm³/mol. The van der Waals surface area contributed by atoms with E-state index in [1.807, 2.05) is 0 Å². The third-order valence-electron chi connectivity index (χ3n) is 15.3. The van der Waals surface area contributed by atoms with E-state index in [-0.39, 0.29) is 0 Å². The number of carbonyl (C=O) groups is 2. The monoisotopic (exact) mass is 1230 g/mol. The highest BCUT2D eigenvalue weighted by Gasteiger charge is 2.58. The van der Waals surface area contributed by atoms with Crippen LogP contribution in [-0.2, 0) is 71.2 Å². The van der Waals surface area contributed by atoms with Crippen LogP contribution in [0.25, 0.3) is 0 Å². The lowest BCUT2D eigenvalue weighted by molar-refractivity contribution is -0.395. The van der Waals surface area contributed by atoms with Crippen molar-refractivity contribution in [2.75, 3.05) is 46.2 Å². The van der Waals surface area contributed by atoms with Gasteiger partial charge in [0.1, 0.15) is 171 Å². The maximum absolute atomic E-state index is 12.6. The quantitative estimate of drug-likeness (QED) is 0.0507. The Bertz CT molecular complexity index is 2060. The molecule has 7 rings (SSSR count). The van der Waals surface area contributed by atoms with Gasteiger partial charge in [0.25, 0.3) is 0 Å². The number of rotatable bonds is 21. The normalized spacial score (nSPS) is 50.3. The van der Waals surface area contributed by atoms with Crippen LogP contribution in [0.3, 0.4) is 0 Å². The van der Waals surface area contributed by atoms with Crippen molar-refractivity contribution in [2.24, 2.45) is 0 Å². The number of amides is 2. The van der Waals surface area contributed by atoms with E-state index in [0.29, 0.717) is 0 Å². The molecule has 84 heavy (non-hydrogen) atoms. The predicted octanol–water partition coefficient (Wildman–Crippen LogP) is -16.0. The third kappa shape index (κ3) is 14.7. The molecule has 0 radical (unpaired) electrons. The van der Waals surface area contributed by atoms with E-state index in [4.69, 9.17) is 61.6 Å². The largest absolute Gasteiger partial charge is 0.394 e. The van der Waals surface area contributed by atoms with Crippen LogP contribution in [0.1, 0.15) is 13.8 Å². The number of carbonyl (C=O) groups excluding carboxylic acids is 2. The SMILES string of the molecule is CC(=O)N[C@@H]1[C@@H](O)[C@H](O[C@@H]2O[C@H](CO)[C@@H](O[C@@H]3O[C@H](CO)[C@@H](O)[C@H](O[C@H]4O[C@H](CO[C@H]5O[C@H](CO)[C@@H](O)[C@H](O)[C@@H]5O[C@H]5O[C@H](CO)[C@@H](O)[C@H](O)[C@@H]5O)[C@@H](O)[C@H](O[C@H]5O[C@H](CO)[C@@H](O)[C@H](O)[C@@H]5O)[C@@H]4O)[C@@H]3O)[C@H](O)[C@H]2NC(C)=O)[C@@H](CO)O[C@H]1O. The Morgan fingerprint density at radius 1 is 0.310 bits per heavy atom. The summed E-state index contributed by atoms with van der Waals surface area (Å²) in [4.78, 5) is 24.5. The summed E-state index contributed by atoms with van der Waals surface area (Å²) < 4.78 is 74.4. The van der Waals surface area contributed by atoms with Crippen LogP contribution in [0.15, 0.2) is 0 Å². The molecule has 0 spiro atoms. The van der Waals surface area contributed by atoms with E-state index in [9.17, 15) is 117 Å². The second kappa shape index (κ2) is 29.9. The molecular formula is C46H78N2O36. The maximum atomic E-state index is 12.6. The topological polar surface area (TPSA) is 603 Å². The zero-order valence-electron chi connectivity index (χ0n) is 44.7. The molecule has 0 aromatic heterocycles. The van der Waals surface area contributed by atoms with Gasteiger partial charge < -0.3 is 179 Å². The van der Waals surface area contributed by atoms with Crippen LogP contribution in [0.5, 0.6) is 0 Å². The molecule has 38 nitrogen and oxygen atoms in total. The fraction of sp³-hybridized carbons (Fsp3) is 0.957. The third-order valence-corrected chi connectivity index (χ3v) is 15.3. The highest BCUT2D eigenvalue weighted by Crippen LogP contribution is 2.37. The van der Waals surface area contributed by atoms with Gasteiger partial charge in [-0.05, 0) is 0 Å². The molecule has 0 saturated carbocycles. The fourth-order valence-electron chi connectivity index (χ4n) is 10.7. The van der Waals surface area contributed by atoms with Crippen LogP contribution < -0.4 is 10.6 Å². The van der Waals surface area contributed by atoms with Gasteiger partial charge in [0.05, 0.1) is 46.2 Å². The Balaban J connectivity index is 1.15. The first-order valence-corrected chi connectivity index (χ1v) is 26.6. The molecule has 7 heterocycles. The van der Waals surface area contributed by atoms with E-state index >= 15 is 0 Å². The van der Waals surface area contributed by atoms with Crippen molar-refractivity contribution in [2.45, 2.75) is 229 Å². The van der Waals surface area contributed by atoms with Crippen molar-refractivity contribution in [3.8, 4) is 0 Å². The summed E-state index contributed by atoms with van der Waals surface area (Å²) >= 11 is 0. The van der Waals surface area contributed by atoms with Crippen LogP contribution in [0.4, 0.5) is 0 Å². The van der Waals surface area contributed by atoms with E-state index in [1.165, 1.54) is 0 Å². The van der Waals surface area contributed by atoms with Gasteiger partial charge >= 0.3 is 0 Å². The molecule has 7 aliphatic rings. The summed E-state index contributed by atoms with van der Waals surface area (Å²) in [7, 11) is 0. The second-order valence-electron chi connectivity index (χ2n) is 21.1. The van der Waals surface area contributed by atoms with Gasteiger partial charge in [0, 0.05) is 13.8 Å². The molecule has 0 aromatic rings. The number of aliphatic hydroxyl groups excluding tert-OH is 21. The minimum absolute atomic E-state index is 0.728. The van der Waals surface area contributed by atoms with Crippen molar-refractivity contribution in [1.82, 2.24) is 10.6 Å². The maximum Gasteiger partial charge on any atom is 0.217 e. The first-order chi connectivity index (χ1) is 39.7. The van der Waals surface area contributed by atoms with Crippen LogP contribution in [0.2, 0.25) is 0 Å². The average Bonchev–Trinajstić information content (AvgIpc) is 1.85. The van der Waals surface area contributed by atoms with Crippen molar-refractivity contribution in [3.63, 3.8) is 0 Å². The summed E-state index contributed by atoms with van der Waals surface area (Å²) in [6.45, 7) is -4.95. The van der Waals surface area contributed by atoms with Gasteiger partial charge in [0.15, 0.2) is 44.0 Å². The second-order valence-corrected chi connectivity index (χ2v) is 21.1. The summed E-state index contributed by atoms with van der Waals surface area (Å²) in [6.07, 6.45) is -65.6. The fourth-order valence-corrected chi connectivity index (χ4v) is 10.7. The summed E-state index contributed by atoms with van der Waals surface area (Å²) in [5.74, 6) is -1.57. The van der Waals surface area contributed by atoms with E-state index in [1.54, 1.807) is 0 Å². The number of aliphatic hydroxyl groups is 21. The minimum Gasteiger partial charge on any atom is -0.394 e. The minimum atomic E-state index is -2.38. The van der Waals surface area contributed by atoms with Gasteiger partial charge in [-0.2, -0.15) is 0 Å². The molecule has 23 N–H and O–H groups in total. The molecule has 488 valence electrons. The first kappa shape index (κ1) is 69.1. The molecule has 0 aliphatic carbocycles. The van der Waals surface area contributed by atoms with Gasteiger partial charge in [-0.15, -0.1) is 0 Å². The lowest BCUT2D eigenvalue weighted by Crippen LogP contribution is -2.70. The van der Waals surface area contributed by atoms with Crippen LogP contribution in [0, 0.1) is 0 Å². The Hall–Kier alpha value is -2.42. The van der Waals surface area contributed by atoms with Crippen molar-refractivity contribution in [3.05, 3.63) is 0 Å². The van der Waals surface area contributed by atoms with Crippen molar-refractivity contribution >= 4 is 11.8 Å². The molecule has 0 bridgehead atoms. The average molecular weight is 1240 g/mol. The molecule has 35 atom stereocenters. The summed E-state index contributed by atoms with van der Waals surface area (Å²) in [5, 5.41) is 232. The van der Waals surface area contributed by atoms with Gasteiger partial charge in [0.2, 0.25) is 11.8 Å². The Morgan fingerprint density at radius 3 is 1.08 bits per heavy atom. The van der Waals surface area contributed by atoms with Gasteiger partial charge in [-0.25, -0.2) is 0 Å². The Morgan fingerprint density at radius 2 is 0.631 bits per heavy atom.